The van der Waals surface area contributed by atoms with E-state index in [4.69, 9.17) is 4.74 Å². The molecule has 0 aliphatic carbocycles. The van der Waals surface area contributed by atoms with Crippen LogP contribution in [0.2, 0.25) is 0 Å². The summed E-state index contributed by atoms with van der Waals surface area (Å²) in [6.45, 7) is 0.106. The van der Waals surface area contributed by atoms with Gasteiger partial charge >= 0.3 is 18.9 Å². The van der Waals surface area contributed by atoms with Crippen molar-refractivity contribution in [1.82, 2.24) is 0 Å². The first-order chi connectivity index (χ1) is 12.6. The summed E-state index contributed by atoms with van der Waals surface area (Å²) in [5, 5.41) is 1.89. The number of ether oxygens (including phenoxy) is 2. The van der Waals surface area contributed by atoms with Gasteiger partial charge < -0.3 is 9.47 Å². The third kappa shape index (κ3) is 5.83. The van der Waals surface area contributed by atoms with Crippen molar-refractivity contribution in [2.45, 2.75) is 33.2 Å². The molecule has 1 amide bonds. The first-order valence-corrected chi connectivity index (χ1v) is 7.72. The van der Waals surface area contributed by atoms with E-state index in [0.717, 1.165) is 23.3 Å². The van der Waals surface area contributed by atoms with Gasteiger partial charge in [-0.25, -0.2) is 4.79 Å². The number of alkyl halides is 5. The molecule has 0 aliphatic rings. The molecule has 2 rings (SSSR count). The molecule has 0 heterocycles. The highest BCUT2D eigenvalue weighted by molar-refractivity contribution is 5.85. The quantitative estimate of drug-likeness (QED) is 0.670. The van der Waals surface area contributed by atoms with Crippen LogP contribution in [0, 0.1) is 13.8 Å². The average molecular weight is 389 g/mol. The van der Waals surface area contributed by atoms with Crippen molar-refractivity contribution >= 4 is 11.8 Å². The molecule has 2 aromatic rings. The first kappa shape index (κ1) is 20.5. The predicted molar refractivity (Wildman–Crippen MR) is 87.8 cm³/mol. The fourth-order valence-electron chi connectivity index (χ4n) is 2.33. The number of aryl methyl sites for hydroxylation is 2. The van der Waals surface area contributed by atoms with Crippen molar-refractivity contribution in [3.05, 3.63) is 58.7 Å². The Labute approximate surface area is 151 Å². The molecule has 27 heavy (non-hydrogen) atoms. The monoisotopic (exact) mass is 389 g/mol. The summed E-state index contributed by atoms with van der Waals surface area (Å²) in [6, 6.07) is 7.91. The topological polar surface area (TPSA) is 47.6 Å². The summed E-state index contributed by atoms with van der Waals surface area (Å²) in [5.74, 6) is 0.501. The van der Waals surface area contributed by atoms with Crippen molar-refractivity contribution in [3.63, 3.8) is 0 Å². The summed E-state index contributed by atoms with van der Waals surface area (Å²) in [4.78, 5) is 11.4. The zero-order chi connectivity index (χ0) is 20.2. The average Bonchev–Trinajstić information content (AvgIpc) is 2.53. The van der Waals surface area contributed by atoms with Crippen molar-refractivity contribution < 1.29 is 36.2 Å². The molecule has 1 N–H and O–H groups in total. The number of rotatable bonds is 5. The van der Waals surface area contributed by atoms with Crippen LogP contribution < -0.4 is 10.1 Å². The summed E-state index contributed by atoms with van der Waals surface area (Å²) >= 11 is 0. The van der Waals surface area contributed by atoms with Gasteiger partial charge in [0.25, 0.3) is 0 Å². The molecule has 0 aliphatic heterocycles. The Balaban J connectivity index is 2.26. The smallest absolute Gasteiger partial charge is 0.416 e. The molecule has 0 aromatic heterocycles. The van der Waals surface area contributed by atoms with E-state index in [9.17, 15) is 26.7 Å². The number of hydrogen-bond donors (Lipinski definition) is 1. The number of anilines is 1. The maximum atomic E-state index is 12.9. The van der Waals surface area contributed by atoms with Gasteiger partial charge in [0.15, 0.2) is 0 Å². The second kappa shape index (κ2) is 8.24. The van der Waals surface area contributed by atoms with Gasteiger partial charge in [-0.1, -0.05) is 23.8 Å². The number of amides is 1. The van der Waals surface area contributed by atoms with Crippen molar-refractivity contribution in [1.29, 1.82) is 0 Å². The second-order valence-corrected chi connectivity index (χ2v) is 5.72. The SMILES string of the molecule is Cc1ccc(OCc2ccc(C(F)(F)F)cc2NC(=O)OC(F)F)c(C)c1. The summed E-state index contributed by atoms with van der Waals surface area (Å²) in [7, 11) is 0. The number of nitrogens with one attached hydrogen (secondary N) is 1. The molecule has 0 radical (unpaired) electrons. The van der Waals surface area contributed by atoms with Gasteiger partial charge in [0.1, 0.15) is 12.4 Å². The Kier molecular flexibility index (Phi) is 6.24. The summed E-state index contributed by atoms with van der Waals surface area (Å²) in [6.07, 6.45) is -6.24. The number of hydrogen-bond acceptors (Lipinski definition) is 3. The lowest BCUT2D eigenvalue weighted by molar-refractivity contribution is -0.137. The maximum absolute atomic E-state index is 12.9. The van der Waals surface area contributed by atoms with Gasteiger partial charge in [-0.05, 0) is 37.6 Å². The van der Waals surface area contributed by atoms with E-state index < -0.39 is 24.4 Å². The van der Waals surface area contributed by atoms with Crippen LogP contribution in [-0.4, -0.2) is 12.7 Å². The fraction of sp³-hybridized carbons (Fsp3) is 0.278. The van der Waals surface area contributed by atoms with Crippen LogP contribution in [0.5, 0.6) is 5.75 Å². The molecule has 0 saturated heterocycles. The van der Waals surface area contributed by atoms with Crippen LogP contribution in [0.3, 0.4) is 0 Å². The number of carbonyl (C=O) groups excluding carboxylic acids is 1. The van der Waals surface area contributed by atoms with Crippen LogP contribution in [0.1, 0.15) is 22.3 Å². The van der Waals surface area contributed by atoms with E-state index in [-0.39, 0.29) is 17.9 Å². The van der Waals surface area contributed by atoms with E-state index in [1.54, 1.807) is 19.1 Å². The van der Waals surface area contributed by atoms with Gasteiger partial charge in [0.05, 0.1) is 11.3 Å². The fourth-order valence-corrected chi connectivity index (χ4v) is 2.33. The number of halogens is 5. The minimum atomic E-state index is -4.67. The lowest BCUT2D eigenvalue weighted by Gasteiger charge is -2.16. The van der Waals surface area contributed by atoms with Gasteiger partial charge in [0.2, 0.25) is 0 Å². The molecule has 0 atom stereocenters. The highest BCUT2D eigenvalue weighted by Gasteiger charge is 2.31. The molecular formula is C18H16F5NO3. The normalized spacial score (nSPS) is 11.4. The zero-order valence-corrected chi connectivity index (χ0v) is 14.4. The standard InChI is InChI=1S/C18H16F5NO3/c1-10-3-6-15(11(2)7-10)26-9-12-4-5-13(18(21,22)23)8-14(12)24-17(25)27-16(19)20/h3-8,16H,9H2,1-2H3,(H,24,25). The molecular weight excluding hydrogens is 373 g/mol. The van der Waals surface area contributed by atoms with E-state index in [1.807, 2.05) is 18.3 Å². The molecule has 0 fully saturated rings. The minimum absolute atomic E-state index is 0.161. The number of carbonyl (C=O) groups is 1. The molecule has 9 heteroatoms. The van der Waals surface area contributed by atoms with Gasteiger partial charge in [-0.15, -0.1) is 0 Å². The lowest BCUT2D eigenvalue weighted by Crippen LogP contribution is -2.19. The van der Waals surface area contributed by atoms with Gasteiger partial charge in [0, 0.05) is 5.56 Å². The van der Waals surface area contributed by atoms with Crippen LogP contribution in [0.25, 0.3) is 0 Å². The maximum Gasteiger partial charge on any atom is 0.416 e. The Morgan fingerprint density at radius 2 is 1.81 bits per heavy atom. The van der Waals surface area contributed by atoms with Crippen LogP contribution in [0.4, 0.5) is 32.4 Å². The Morgan fingerprint density at radius 1 is 1.11 bits per heavy atom. The molecule has 0 saturated carbocycles. The van der Waals surface area contributed by atoms with E-state index in [2.05, 4.69) is 4.74 Å². The minimum Gasteiger partial charge on any atom is -0.489 e. The molecule has 4 nitrogen and oxygen atoms in total. The van der Waals surface area contributed by atoms with Crippen molar-refractivity contribution in [2.24, 2.45) is 0 Å². The van der Waals surface area contributed by atoms with Crippen LogP contribution >= 0.6 is 0 Å². The van der Waals surface area contributed by atoms with E-state index >= 15 is 0 Å². The highest BCUT2D eigenvalue weighted by atomic mass is 19.4. The highest BCUT2D eigenvalue weighted by Crippen LogP contribution is 2.33. The first-order valence-electron chi connectivity index (χ1n) is 7.72. The third-order valence-electron chi connectivity index (χ3n) is 3.58. The largest absolute Gasteiger partial charge is 0.489 e. The molecule has 0 unspecified atom stereocenters. The Morgan fingerprint density at radius 3 is 2.41 bits per heavy atom. The van der Waals surface area contributed by atoms with E-state index in [1.165, 1.54) is 0 Å². The number of benzene rings is 2. The Bertz CT molecular complexity index is 821. The van der Waals surface area contributed by atoms with Crippen LogP contribution in [-0.2, 0) is 17.5 Å². The van der Waals surface area contributed by atoms with Gasteiger partial charge in [-0.3, -0.25) is 5.32 Å². The second-order valence-electron chi connectivity index (χ2n) is 5.72. The molecule has 2 aromatic carbocycles. The van der Waals surface area contributed by atoms with Crippen molar-refractivity contribution in [3.8, 4) is 5.75 Å². The lowest BCUT2D eigenvalue weighted by atomic mass is 10.1. The van der Waals surface area contributed by atoms with Crippen LogP contribution in [0.15, 0.2) is 36.4 Å². The zero-order valence-electron chi connectivity index (χ0n) is 14.4. The predicted octanol–water partition coefficient (Wildman–Crippen LogP) is 5.67. The summed E-state index contributed by atoms with van der Waals surface area (Å²) in [5.41, 5.74) is 0.597. The molecule has 0 bridgehead atoms. The van der Waals surface area contributed by atoms with Gasteiger partial charge in [-0.2, -0.15) is 22.0 Å². The molecule has 146 valence electrons. The Hall–Kier alpha value is -2.84. The molecule has 0 spiro atoms. The summed E-state index contributed by atoms with van der Waals surface area (Å²) < 4.78 is 72.1. The van der Waals surface area contributed by atoms with E-state index in [0.29, 0.717) is 11.8 Å². The third-order valence-corrected chi connectivity index (χ3v) is 3.58. The van der Waals surface area contributed by atoms with Crippen molar-refractivity contribution in [2.75, 3.05) is 5.32 Å².